The molecule has 0 aromatic heterocycles. The fourth-order valence-corrected chi connectivity index (χ4v) is 9.12. The van der Waals surface area contributed by atoms with E-state index in [2.05, 4.69) is 41.5 Å². The molecule has 34 heavy (non-hydrogen) atoms. The molecule has 4 nitrogen and oxygen atoms in total. The molecule has 0 radical (unpaired) electrons. The van der Waals surface area contributed by atoms with Gasteiger partial charge in [0.15, 0.2) is 5.78 Å². The Bertz CT molecular complexity index is 894. The van der Waals surface area contributed by atoms with E-state index in [9.17, 15) is 20.1 Å². The lowest BCUT2D eigenvalue weighted by Gasteiger charge is -2.65. The Morgan fingerprint density at radius 1 is 1.03 bits per heavy atom. The van der Waals surface area contributed by atoms with Crippen LogP contribution in [0.15, 0.2) is 23.8 Å². The van der Waals surface area contributed by atoms with Gasteiger partial charge in [-0.2, -0.15) is 0 Å². The highest BCUT2D eigenvalue weighted by Gasteiger charge is 2.69. The Balaban J connectivity index is 1.69. The number of ketones is 1. The van der Waals surface area contributed by atoms with Crippen LogP contribution in [0.5, 0.6) is 0 Å². The van der Waals surface area contributed by atoms with Crippen molar-refractivity contribution in [1.29, 1.82) is 0 Å². The average Bonchev–Trinajstić information content (AvgIpc) is 2.99. The summed E-state index contributed by atoms with van der Waals surface area (Å²) in [6.45, 7) is 16.9. The Morgan fingerprint density at radius 3 is 2.29 bits per heavy atom. The van der Waals surface area contributed by atoms with Gasteiger partial charge in [-0.25, -0.2) is 0 Å². The van der Waals surface area contributed by atoms with E-state index >= 15 is 0 Å². The van der Waals surface area contributed by atoms with Gasteiger partial charge in [0.25, 0.3) is 0 Å². The van der Waals surface area contributed by atoms with Crippen LogP contribution in [0.25, 0.3) is 0 Å². The van der Waals surface area contributed by atoms with Crippen LogP contribution in [-0.2, 0) is 4.79 Å². The minimum absolute atomic E-state index is 0.0141. The molecule has 3 fully saturated rings. The van der Waals surface area contributed by atoms with Crippen LogP contribution in [0.4, 0.5) is 0 Å². The number of hydrogen-bond acceptors (Lipinski definition) is 4. The lowest BCUT2D eigenvalue weighted by atomic mass is 9.39. The second-order valence-electron chi connectivity index (χ2n) is 14.2. The van der Waals surface area contributed by atoms with E-state index in [0.29, 0.717) is 11.8 Å². The smallest absolute Gasteiger partial charge is 0.159 e. The van der Waals surface area contributed by atoms with Crippen molar-refractivity contribution < 1.29 is 20.1 Å². The first kappa shape index (κ1) is 26.1. The van der Waals surface area contributed by atoms with Gasteiger partial charge in [-0.15, -0.1) is 0 Å². The Morgan fingerprint density at radius 2 is 1.68 bits per heavy atom. The van der Waals surface area contributed by atoms with Crippen LogP contribution >= 0.6 is 0 Å². The zero-order chi connectivity index (χ0) is 25.5. The van der Waals surface area contributed by atoms with Gasteiger partial charge >= 0.3 is 0 Å². The van der Waals surface area contributed by atoms with Crippen molar-refractivity contribution in [1.82, 2.24) is 0 Å². The molecule has 0 aromatic rings. The van der Waals surface area contributed by atoms with Gasteiger partial charge in [0.2, 0.25) is 0 Å². The van der Waals surface area contributed by atoms with Crippen LogP contribution in [0, 0.1) is 45.3 Å². The molecule has 0 bridgehead atoms. The standard InChI is InChI=1S/C30H48O4/c1-18(22(31)12-13-26(2,3)34)19-11-14-30(8)25-23(32)17-21-20(9-10-24(33)27(21,4)5)28(25,6)15-16-29(19,30)7/h12-13,17-20,22,24-25,31,33-34H,9-11,14-16H2,1-8H3/b13-12+/t18-,19+,20+,22-,24+,25+,28+,29-,30+/m1/s1. The second kappa shape index (κ2) is 8.02. The lowest BCUT2D eigenvalue weighted by Crippen LogP contribution is -2.62. The van der Waals surface area contributed by atoms with Gasteiger partial charge in [-0.05, 0) is 92.4 Å². The predicted octanol–water partition coefficient (Wildman–Crippen LogP) is 5.46. The Kier molecular flexibility index (Phi) is 6.15. The van der Waals surface area contributed by atoms with Gasteiger partial charge in [0, 0.05) is 11.3 Å². The van der Waals surface area contributed by atoms with Crippen molar-refractivity contribution in [3.8, 4) is 0 Å². The molecule has 4 rings (SSSR count). The van der Waals surface area contributed by atoms with E-state index in [0.717, 1.165) is 38.5 Å². The van der Waals surface area contributed by atoms with Crippen LogP contribution in [0.2, 0.25) is 0 Å². The summed E-state index contributed by atoms with van der Waals surface area (Å²) < 4.78 is 0. The van der Waals surface area contributed by atoms with Crippen molar-refractivity contribution in [3.05, 3.63) is 23.8 Å². The van der Waals surface area contributed by atoms with Gasteiger partial charge in [0.05, 0.1) is 17.8 Å². The maximum absolute atomic E-state index is 14.0. The van der Waals surface area contributed by atoms with Crippen molar-refractivity contribution in [2.24, 2.45) is 45.3 Å². The Hall–Kier alpha value is -0.970. The third-order valence-electron chi connectivity index (χ3n) is 11.5. The fourth-order valence-electron chi connectivity index (χ4n) is 9.12. The van der Waals surface area contributed by atoms with E-state index in [4.69, 9.17) is 0 Å². The minimum Gasteiger partial charge on any atom is -0.392 e. The SMILES string of the molecule is C[C@@H]([C@H](O)/C=C/C(C)(C)O)[C@@H]1CC[C@@]2(C)[C@H]3C(=O)C=C4[C@H](CC[C@H](O)C4(C)C)[C@]3(C)CC[C@]12C. The zero-order valence-electron chi connectivity index (χ0n) is 22.7. The molecule has 4 aliphatic rings. The summed E-state index contributed by atoms with van der Waals surface area (Å²) in [5, 5.41) is 31.8. The Labute approximate surface area is 206 Å². The number of hydrogen-bond donors (Lipinski definition) is 3. The molecule has 4 heteroatoms. The lowest BCUT2D eigenvalue weighted by molar-refractivity contribution is -0.165. The van der Waals surface area contributed by atoms with Gasteiger partial charge in [-0.3, -0.25) is 4.79 Å². The largest absolute Gasteiger partial charge is 0.392 e. The topological polar surface area (TPSA) is 77.8 Å². The van der Waals surface area contributed by atoms with Gasteiger partial charge < -0.3 is 15.3 Å². The van der Waals surface area contributed by atoms with Gasteiger partial charge in [-0.1, -0.05) is 59.3 Å². The number of aliphatic hydroxyl groups is 3. The molecule has 0 unspecified atom stereocenters. The summed E-state index contributed by atoms with van der Waals surface area (Å²) in [5.74, 6) is 0.987. The quantitative estimate of drug-likeness (QED) is 0.475. The average molecular weight is 473 g/mol. The second-order valence-corrected chi connectivity index (χ2v) is 14.2. The number of carbonyl (C=O) groups excluding carboxylic acids is 1. The fraction of sp³-hybridized carbons (Fsp3) is 0.833. The van der Waals surface area contributed by atoms with E-state index < -0.39 is 11.7 Å². The molecule has 0 saturated heterocycles. The molecule has 3 N–H and O–H groups in total. The van der Waals surface area contributed by atoms with E-state index in [-0.39, 0.29) is 45.4 Å². The predicted molar refractivity (Wildman–Crippen MR) is 136 cm³/mol. The summed E-state index contributed by atoms with van der Waals surface area (Å²) in [7, 11) is 0. The third kappa shape index (κ3) is 3.61. The normalized spacial score (nSPS) is 45.9. The highest BCUT2D eigenvalue weighted by molar-refractivity contribution is 5.95. The van der Waals surface area contributed by atoms with Crippen molar-refractivity contribution >= 4 is 5.78 Å². The van der Waals surface area contributed by atoms with Crippen LogP contribution in [0.1, 0.15) is 93.9 Å². The summed E-state index contributed by atoms with van der Waals surface area (Å²) in [6.07, 6.45) is 10.3. The van der Waals surface area contributed by atoms with Gasteiger partial charge in [0.1, 0.15) is 0 Å². The van der Waals surface area contributed by atoms with Crippen LogP contribution in [0.3, 0.4) is 0 Å². The molecule has 0 heterocycles. The molecule has 9 atom stereocenters. The maximum Gasteiger partial charge on any atom is 0.159 e. The molecule has 4 aliphatic carbocycles. The maximum atomic E-state index is 14.0. The molecule has 0 spiro atoms. The summed E-state index contributed by atoms with van der Waals surface area (Å²) in [6, 6.07) is 0. The number of fused-ring (bicyclic) bond motifs is 5. The molecule has 0 aliphatic heterocycles. The molecule has 192 valence electrons. The monoisotopic (exact) mass is 472 g/mol. The molecular weight excluding hydrogens is 424 g/mol. The summed E-state index contributed by atoms with van der Waals surface area (Å²) in [5.41, 5.74) is -0.329. The van der Waals surface area contributed by atoms with Crippen molar-refractivity contribution in [3.63, 3.8) is 0 Å². The number of allylic oxidation sites excluding steroid dienone is 1. The van der Waals surface area contributed by atoms with E-state index in [1.165, 1.54) is 5.57 Å². The van der Waals surface area contributed by atoms with Crippen molar-refractivity contribution in [2.45, 2.75) is 112 Å². The molecule has 3 saturated carbocycles. The minimum atomic E-state index is -0.943. The van der Waals surface area contributed by atoms with Crippen LogP contribution < -0.4 is 0 Å². The summed E-state index contributed by atoms with van der Waals surface area (Å²) in [4.78, 5) is 14.0. The zero-order valence-corrected chi connectivity index (χ0v) is 22.7. The van der Waals surface area contributed by atoms with E-state index in [1.807, 2.05) is 6.08 Å². The first-order valence-corrected chi connectivity index (χ1v) is 13.5. The summed E-state index contributed by atoms with van der Waals surface area (Å²) >= 11 is 0. The van der Waals surface area contributed by atoms with Crippen molar-refractivity contribution in [2.75, 3.05) is 0 Å². The number of carbonyl (C=O) groups is 1. The number of rotatable bonds is 4. The number of aliphatic hydroxyl groups excluding tert-OH is 2. The van der Waals surface area contributed by atoms with E-state index in [1.54, 1.807) is 26.0 Å². The molecule has 0 aromatic carbocycles. The molecule has 0 amide bonds. The highest BCUT2D eigenvalue weighted by atomic mass is 16.3. The third-order valence-corrected chi connectivity index (χ3v) is 11.5. The van der Waals surface area contributed by atoms with Crippen LogP contribution in [-0.4, -0.2) is 38.9 Å². The first-order valence-electron chi connectivity index (χ1n) is 13.5. The first-order chi connectivity index (χ1) is 15.5. The highest BCUT2D eigenvalue weighted by Crippen LogP contribution is 2.74. The molecular formula is C30H48O4.